The molecular weight excluding hydrogens is 342 g/mol. The van der Waals surface area contributed by atoms with Gasteiger partial charge in [-0.3, -0.25) is 14.6 Å². The molecule has 3 saturated heterocycles. The highest BCUT2D eigenvalue weighted by Gasteiger charge is 2.51. The third-order valence-corrected chi connectivity index (χ3v) is 6.50. The number of amides is 2. The first-order valence-corrected chi connectivity index (χ1v) is 10.3. The molecule has 0 aromatic carbocycles. The number of pyridine rings is 1. The maximum absolute atomic E-state index is 13.6. The molecule has 4 rings (SSSR count). The summed E-state index contributed by atoms with van der Waals surface area (Å²) in [6.45, 7) is 3.61. The van der Waals surface area contributed by atoms with Crippen LogP contribution in [0.15, 0.2) is 24.4 Å². The average Bonchev–Trinajstić information content (AvgIpc) is 2.74. The van der Waals surface area contributed by atoms with Crippen molar-refractivity contribution in [2.24, 2.45) is 5.41 Å². The van der Waals surface area contributed by atoms with Crippen LogP contribution in [-0.4, -0.2) is 65.5 Å². The van der Waals surface area contributed by atoms with Gasteiger partial charge in [0.05, 0.1) is 0 Å². The number of hydrogen-bond donors (Lipinski definition) is 0. The van der Waals surface area contributed by atoms with Crippen molar-refractivity contribution >= 4 is 11.8 Å². The van der Waals surface area contributed by atoms with Crippen LogP contribution in [0.1, 0.15) is 55.4 Å². The van der Waals surface area contributed by atoms with Crippen molar-refractivity contribution in [2.45, 2.75) is 51.0 Å². The number of aromatic nitrogens is 1. The van der Waals surface area contributed by atoms with Crippen molar-refractivity contribution in [3.63, 3.8) is 0 Å². The Balaban J connectivity index is 1.67. The molecule has 1 atom stereocenters. The van der Waals surface area contributed by atoms with E-state index in [1.807, 2.05) is 21.9 Å². The lowest BCUT2D eigenvalue weighted by molar-refractivity contribution is -0.149. The minimum absolute atomic E-state index is 0.114. The largest absolute Gasteiger partial charge is 0.381 e. The monoisotopic (exact) mass is 371 g/mol. The summed E-state index contributed by atoms with van der Waals surface area (Å²) in [5.74, 6) is 0.0251. The van der Waals surface area contributed by atoms with Gasteiger partial charge in [0.15, 0.2) is 0 Å². The number of piperidine rings is 2. The van der Waals surface area contributed by atoms with Gasteiger partial charge in [-0.15, -0.1) is 0 Å². The SMILES string of the molecule is O=C(C1N(C(=O)c2ccccn2)CCCC12CCOCC2)N1CCCCC1. The molecule has 3 aliphatic rings. The van der Waals surface area contributed by atoms with Gasteiger partial charge in [-0.1, -0.05) is 6.07 Å². The van der Waals surface area contributed by atoms with E-state index in [1.165, 1.54) is 6.42 Å². The summed E-state index contributed by atoms with van der Waals surface area (Å²) >= 11 is 0. The molecule has 0 aliphatic carbocycles. The van der Waals surface area contributed by atoms with Crippen molar-refractivity contribution in [2.75, 3.05) is 32.8 Å². The van der Waals surface area contributed by atoms with E-state index in [9.17, 15) is 9.59 Å². The average molecular weight is 371 g/mol. The summed E-state index contributed by atoms with van der Waals surface area (Å²) in [6.07, 6.45) is 8.57. The lowest BCUT2D eigenvalue weighted by atomic mass is 9.67. The minimum Gasteiger partial charge on any atom is -0.381 e. The maximum Gasteiger partial charge on any atom is 0.273 e. The van der Waals surface area contributed by atoms with E-state index >= 15 is 0 Å². The maximum atomic E-state index is 13.6. The number of carbonyl (C=O) groups is 2. The van der Waals surface area contributed by atoms with Gasteiger partial charge in [-0.25, -0.2) is 0 Å². The van der Waals surface area contributed by atoms with Crippen molar-refractivity contribution in [3.05, 3.63) is 30.1 Å². The Bertz CT molecular complexity index is 661. The molecule has 0 N–H and O–H groups in total. The molecule has 1 spiro atoms. The van der Waals surface area contributed by atoms with Crippen LogP contribution in [0.25, 0.3) is 0 Å². The number of carbonyl (C=O) groups excluding carboxylic acids is 2. The smallest absolute Gasteiger partial charge is 0.273 e. The lowest BCUT2D eigenvalue weighted by Gasteiger charge is -2.52. The summed E-state index contributed by atoms with van der Waals surface area (Å²) in [7, 11) is 0. The van der Waals surface area contributed by atoms with Crippen LogP contribution in [0.2, 0.25) is 0 Å². The normalized spacial score (nSPS) is 25.4. The Kier molecular flexibility index (Phi) is 5.43. The molecule has 3 aliphatic heterocycles. The van der Waals surface area contributed by atoms with Crippen LogP contribution >= 0.6 is 0 Å². The Hall–Kier alpha value is -1.95. The van der Waals surface area contributed by atoms with Gasteiger partial charge in [-0.05, 0) is 57.1 Å². The third kappa shape index (κ3) is 3.59. The standard InChI is InChI=1S/C21H29N3O3/c25-19(17-7-2-3-11-22-17)24-14-6-8-21(9-15-27-16-10-21)18(24)20(26)23-12-4-1-5-13-23/h2-3,7,11,18H,1,4-6,8-10,12-16H2. The van der Waals surface area contributed by atoms with E-state index in [0.29, 0.717) is 25.5 Å². The summed E-state index contributed by atoms with van der Waals surface area (Å²) < 4.78 is 5.61. The van der Waals surface area contributed by atoms with Crippen LogP contribution in [0.4, 0.5) is 0 Å². The van der Waals surface area contributed by atoms with Crippen LogP contribution in [0, 0.1) is 5.41 Å². The zero-order valence-electron chi connectivity index (χ0n) is 15.9. The Morgan fingerprint density at radius 3 is 2.48 bits per heavy atom. The minimum atomic E-state index is -0.386. The van der Waals surface area contributed by atoms with Gasteiger partial charge in [0.25, 0.3) is 5.91 Å². The number of nitrogens with zero attached hydrogens (tertiary/aromatic N) is 3. The second-order valence-corrected chi connectivity index (χ2v) is 8.08. The molecule has 0 radical (unpaired) electrons. The van der Waals surface area contributed by atoms with E-state index in [-0.39, 0.29) is 23.3 Å². The Morgan fingerprint density at radius 2 is 1.78 bits per heavy atom. The fourth-order valence-electron chi connectivity index (χ4n) is 5.04. The van der Waals surface area contributed by atoms with E-state index < -0.39 is 0 Å². The zero-order chi connectivity index (χ0) is 18.7. The molecule has 27 heavy (non-hydrogen) atoms. The topological polar surface area (TPSA) is 62.7 Å². The number of rotatable bonds is 2. The van der Waals surface area contributed by atoms with E-state index in [2.05, 4.69) is 4.98 Å². The second kappa shape index (κ2) is 7.97. The molecular formula is C21H29N3O3. The fraction of sp³-hybridized carbons (Fsp3) is 0.667. The van der Waals surface area contributed by atoms with Crippen molar-refractivity contribution in [1.82, 2.24) is 14.8 Å². The molecule has 3 fully saturated rings. The molecule has 1 unspecified atom stereocenters. The van der Waals surface area contributed by atoms with Crippen LogP contribution in [0.5, 0.6) is 0 Å². The molecule has 2 amide bonds. The highest BCUT2D eigenvalue weighted by Crippen LogP contribution is 2.45. The molecule has 1 aromatic heterocycles. The summed E-state index contributed by atoms with van der Waals surface area (Å²) in [4.78, 5) is 35.0. The fourth-order valence-corrected chi connectivity index (χ4v) is 5.04. The van der Waals surface area contributed by atoms with Crippen LogP contribution < -0.4 is 0 Å². The van der Waals surface area contributed by atoms with Gasteiger partial charge in [0.2, 0.25) is 5.91 Å². The first-order chi connectivity index (χ1) is 13.2. The number of likely N-dealkylation sites (tertiary alicyclic amines) is 2. The van der Waals surface area contributed by atoms with Gasteiger partial charge in [0, 0.05) is 44.5 Å². The summed E-state index contributed by atoms with van der Waals surface area (Å²) in [5.41, 5.74) is 0.271. The molecule has 146 valence electrons. The van der Waals surface area contributed by atoms with Crippen molar-refractivity contribution in [1.29, 1.82) is 0 Å². The van der Waals surface area contributed by atoms with E-state index in [4.69, 9.17) is 4.74 Å². The molecule has 0 bridgehead atoms. The van der Waals surface area contributed by atoms with Crippen LogP contribution in [0.3, 0.4) is 0 Å². The second-order valence-electron chi connectivity index (χ2n) is 8.08. The molecule has 1 aromatic rings. The van der Waals surface area contributed by atoms with Crippen molar-refractivity contribution in [3.8, 4) is 0 Å². The zero-order valence-corrected chi connectivity index (χ0v) is 15.9. The molecule has 6 nitrogen and oxygen atoms in total. The highest BCUT2D eigenvalue weighted by molar-refractivity contribution is 5.96. The van der Waals surface area contributed by atoms with Crippen LogP contribution in [-0.2, 0) is 9.53 Å². The summed E-state index contributed by atoms with van der Waals surface area (Å²) in [6, 6.07) is 5.00. The lowest BCUT2D eigenvalue weighted by Crippen LogP contribution is -2.63. The third-order valence-electron chi connectivity index (χ3n) is 6.50. The molecule has 4 heterocycles. The predicted molar refractivity (Wildman–Crippen MR) is 101 cm³/mol. The predicted octanol–water partition coefficient (Wildman–Crippen LogP) is 2.50. The van der Waals surface area contributed by atoms with Gasteiger partial charge < -0.3 is 14.5 Å². The molecule has 0 saturated carbocycles. The van der Waals surface area contributed by atoms with E-state index in [0.717, 1.165) is 51.6 Å². The van der Waals surface area contributed by atoms with Crippen molar-refractivity contribution < 1.29 is 14.3 Å². The van der Waals surface area contributed by atoms with Gasteiger partial charge in [0.1, 0.15) is 11.7 Å². The number of hydrogen-bond acceptors (Lipinski definition) is 4. The Morgan fingerprint density at radius 1 is 1.00 bits per heavy atom. The van der Waals surface area contributed by atoms with Gasteiger partial charge >= 0.3 is 0 Å². The quantitative estimate of drug-likeness (QED) is 0.801. The first-order valence-electron chi connectivity index (χ1n) is 10.3. The first kappa shape index (κ1) is 18.4. The highest BCUT2D eigenvalue weighted by atomic mass is 16.5. The van der Waals surface area contributed by atoms with E-state index in [1.54, 1.807) is 12.3 Å². The molecule has 6 heteroatoms. The Labute approximate surface area is 160 Å². The van der Waals surface area contributed by atoms with Gasteiger partial charge in [-0.2, -0.15) is 0 Å². The summed E-state index contributed by atoms with van der Waals surface area (Å²) in [5, 5.41) is 0. The number of ether oxygens (including phenoxy) is 1.